The molecule has 1 rings (SSSR count). The highest BCUT2D eigenvalue weighted by atomic mass is 16.5. The Balaban J connectivity index is 0.000000354. The molecule has 0 bridgehead atoms. The summed E-state index contributed by atoms with van der Waals surface area (Å²) in [7, 11) is 0. The number of aliphatic hydroxyl groups excluding tert-OH is 1. The Morgan fingerprint density at radius 1 is 1.17 bits per heavy atom. The maximum Gasteiger partial charge on any atom is 0.335 e. The monoisotopic (exact) mass is 170 g/mol. The van der Waals surface area contributed by atoms with E-state index in [4.69, 9.17) is 15.3 Å². The quantitative estimate of drug-likeness (QED) is 0.530. The molecule has 3 N–H and O–H groups in total. The Morgan fingerprint density at radius 2 is 1.58 bits per heavy atom. The summed E-state index contributed by atoms with van der Waals surface area (Å²) in [5, 5.41) is 22.6. The molecule has 0 amide bonds. The minimum atomic E-state index is -0.879. The van der Waals surface area contributed by atoms with E-state index in [0.29, 0.717) is 5.56 Å². The highest BCUT2D eigenvalue weighted by molar-refractivity contribution is 5.87. The van der Waals surface area contributed by atoms with Crippen LogP contribution in [0.2, 0.25) is 0 Å². The number of aromatic carboxylic acids is 1. The standard InChI is InChI=1S/C7H6O2.CH4O2/c8-7(9)6-4-2-1-3-5-6;2-1-3/h1-5H,(H,8,9);2-3H,1H2. The molecule has 0 aliphatic rings. The van der Waals surface area contributed by atoms with Gasteiger partial charge in [-0.2, -0.15) is 0 Å². The van der Waals surface area contributed by atoms with Crippen molar-refractivity contribution in [2.45, 2.75) is 0 Å². The van der Waals surface area contributed by atoms with Gasteiger partial charge in [-0.05, 0) is 12.1 Å². The van der Waals surface area contributed by atoms with Crippen LogP contribution in [0.4, 0.5) is 0 Å². The van der Waals surface area contributed by atoms with Crippen molar-refractivity contribution in [1.29, 1.82) is 0 Å². The maximum atomic E-state index is 10.2. The van der Waals surface area contributed by atoms with Crippen LogP contribution in [0.3, 0.4) is 0 Å². The fourth-order valence-electron chi connectivity index (χ4n) is 0.581. The summed E-state index contributed by atoms with van der Waals surface area (Å²) in [6.45, 7) is -0.750. The molecule has 0 aliphatic carbocycles. The lowest BCUT2D eigenvalue weighted by Gasteiger charge is -1.88. The molecule has 1 aromatic carbocycles. The molecule has 0 saturated heterocycles. The highest BCUT2D eigenvalue weighted by Gasteiger charge is 1.96. The van der Waals surface area contributed by atoms with Gasteiger partial charge in [0.2, 0.25) is 0 Å². The van der Waals surface area contributed by atoms with Crippen LogP contribution in [0.1, 0.15) is 10.4 Å². The van der Waals surface area contributed by atoms with E-state index in [0.717, 1.165) is 0 Å². The zero-order chi connectivity index (χ0) is 9.40. The van der Waals surface area contributed by atoms with Crippen molar-refractivity contribution in [3.63, 3.8) is 0 Å². The molecular weight excluding hydrogens is 160 g/mol. The summed E-state index contributed by atoms with van der Waals surface area (Å²) in [5.74, 6) is -0.879. The lowest BCUT2D eigenvalue weighted by molar-refractivity contribution is 0.0696. The minimum Gasteiger partial charge on any atom is -0.478 e. The van der Waals surface area contributed by atoms with Crippen molar-refractivity contribution in [1.82, 2.24) is 0 Å². The van der Waals surface area contributed by atoms with Crippen molar-refractivity contribution in [2.24, 2.45) is 0 Å². The molecule has 4 heteroatoms. The van der Waals surface area contributed by atoms with Gasteiger partial charge in [0, 0.05) is 0 Å². The van der Waals surface area contributed by atoms with Gasteiger partial charge < -0.3 is 15.3 Å². The molecule has 66 valence electrons. The van der Waals surface area contributed by atoms with E-state index in [2.05, 4.69) is 0 Å². The first-order valence-electron chi connectivity index (χ1n) is 3.22. The number of hydrogen-bond donors (Lipinski definition) is 3. The van der Waals surface area contributed by atoms with E-state index in [1.165, 1.54) is 0 Å². The Labute approximate surface area is 69.7 Å². The summed E-state index contributed by atoms with van der Waals surface area (Å²) >= 11 is 0. The largest absolute Gasteiger partial charge is 0.478 e. The second kappa shape index (κ2) is 6.33. The first-order chi connectivity index (χ1) is 5.72. The number of rotatable bonds is 1. The fraction of sp³-hybridized carbons (Fsp3) is 0.125. The Morgan fingerprint density at radius 3 is 1.83 bits per heavy atom. The van der Waals surface area contributed by atoms with Gasteiger partial charge in [0.1, 0.15) is 6.79 Å². The molecule has 0 saturated carbocycles. The van der Waals surface area contributed by atoms with Crippen LogP contribution in [0.5, 0.6) is 0 Å². The summed E-state index contributed by atoms with van der Waals surface area (Å²) in [5.41, 5.74) is 0.331. The van der Waals surface area contributed by atoms with Gasteiger partial charge in [-0.1, -0.05) is 18.2 Å². The van der Waals surface area contributed by atoms with Crippen LogP contribution in [0, 0.1) is 0 Å². The molecule has 4 nitrogen and oxygen atoms in total. The summed E-state index contributed by atoms with van der Waals surface area (Å²) in [6.07, 6.45) is 0. The van der Waals surface area contributed by atoms with E-state index < -0.39 is 12.8 Å². The molecule has 0 heterocycles. The van der Waals surface area contributed by atoms with Gasteiger partial charge in [0.05, 0.1) is 5.56 Å². The summed E-state index contributed by atoms with van der Waals surface area (Å²) in [6, 6.07) is 8.30. The SMILES string of the molecule is O=C(O)c1ccccc1.OCO. The average Bonchev–Trinajstić information content (AvgIpc) is 2.07. The van der Waals surface area contributed by atoms with Crippen LogP contribution in [-0.4, -0.2) is 28.1 Å². The van der Waals surface area contributed by atoms with Gasteiger partial charge in [-0.15, -0.1) is 0 Å². The topological polar surface area (TPSA) is 77.8 Å². The maximum absolute atomic E-state index is 10.2. The highest BCUT2D eigenvalue weighted by Crippen LogP contribution is 1.96. The predicted molar refractivity (Wildman–Crippen MR) is 42.7 cm³/mol. The van der Waals surface area contributed by atoms with E-state index in [9.17, 15) is 4.79 Å². The lowest BCUT2D eigenvalue weighted by atomic mass is 10.2. The van der Waals surface area contributed by atoms with E-state index in [1.54, 1.807) is 30.3 Å². The van der Waals surface area contributed by atoms with Crippen LogP contribution in [0.25, 0.3) is 0 Å². The summed E-state index contributed by atoms with van der Waals surface area (Å²) in [4.78, 5) is 10.2. The number of carboxylic acid groups (broad SMARTS) is 1. The predicted octanol–water partition coefficient (Wildman–Crippen LogP) is 0.313. The molecule has 0 unspecified atom stereocenters. The summed E-state index contributed by atoms with van der Waals surface area (Å²) < 4.78 is 0. The zero-order valence-corrected chi connectivity index (χ0v) is 6.34. The van der Waals surface area contributed by atoms with Crippen molar-refractivity contribution < 1.29 is 20.1 Å². The first-order valence-corrected chi connectivity index (χ1v) is 3.22. The normalized spacial score (nSPS) is 8.17. The van der Waals surface area contributed by atoms with Crippen LogP contribution in [-0.2, 0) is 0 Å². The van der Waals surface area contributed by atoms with Crippen LogP contribution < -0.4 is 0 Å². The number of hydrogen-bond acceptors (Lipinski definition) is 3. The van der Waals surface area contributed by atoms with Gasteiger partial charge >= 0.3 is 5.97 Å². The van der Waals surface area contributed by atoms with Crippen molar-refractivity contribution in [3.8, 4) is 0 Å². The van der Waals surface area contributed by atoms with Gasteiger partial charge in [-0.3, -0.25) is 0 Å². The third-order valence-electron chi connectivity index (χ3n) is 1.02. The molecule has 0 spiro atoms. The first kappa shape index (κ1) is 10.6. The van der Waals surface area contributed by atoms with Gasteiger partial charge in [-0.25, -0.2) is 4.79 Å². The second-order valence-electron chi connectivity index (χ2n) is 1.81. The average molecular weight is 170 g/mol. The minimum absolute atomic E-state index is 0.331. The van der Waals surface area contributed by atoms with Crippen LogP contribution >= 0.6 is 0 Å². The third kappa shape index (κ3) is 4.43. The van der Waals surface area contributed by atoms with Crippen LogP contribution in [0.15, 0.2) is 30.3 Å². The molecule has 0 atom stereocenters. The molecule has 0 aromatic heterocycles. The fourth-order valence-corrected chi connectivity index (χ4v) is 0.581. The number of aliphatic hydroxyl groups is 2. The molecule has 1 aromatic rings. The molecular formula is C8H10O4. The van der Waals surface area contributed by atoms with E-state index in [-0.39, 0.29) is 0 Å². The molecule has 0 fully saturated rings. The number of carbonyl (C=O) groups is 1. The van der Waals surface area contributed by atoms with Gasteiger partial charge in [0.15, 0.2) is 0 Å². The smallest absolute Gasteiger partial charge is 0.335 e. The van der Waals surface area contributed by atoms with Gasteiger partial charge in [0.25, 0.3) is 0 Å². The third-order valence-corrected chi connectivity index (χ3v) is 1.02. The molecule has 0 radical (unpaired) electrons. The van der Waals surface area contributed by atoms with Crippen molar-refractivity contribution >= 4 is 5.97 Å². The Bertz CT molecular complexity index is 220. The zero-order valence-electron chi connectivity index (χ0n) is 6.34. The van der Waals surface area contributed by atoms with Crippen molar-refractivity contribution in [2.75, 3.05) is 6.79 Å². The lowest BCUT2D eigenvalue weighted by Crippen LogP contribution is -1.93. The van der Waals surface area contributed by atoms with Crippen molar-refractivity contribution in [3.05, 3.63) is 35.9 Å². The second-order valence-corrected chi connectivity index (χ2v) is 1.81. The number of benzene rings is 1. The Hall–Kier alpha value is -1.39. The van der Waals surface area contributed by atoms with E-state index >= 15 is 0 Å². The number of carboxylic acids is 1. The molecule has 12 heavy (non-hydrogen) atoms. The van der Waals surface area contributed by atoms with E-state index in [1.807, 2.05) is 0 Å². The Kier molecular flexibility index (Phi) is 5.60. The molecule has 0 aliphatic heterocycles.